The summed E-state index contributed by atoms with van der Waals surface area (Å²) in [6, 6.07) is 24.3. The molecular weight excluding hydrogens is 406 g/mol. The van der Waals surface area contributed by atoms with Crippen LogP contribution in [-0.4, -0.2) is 18.3 Å². The van der Waals surface area contributed by atoms with Crippen LogP contribution in [0.5, 0.6) is 11.5 Å². The highest BCUT2D eigenvalue weighted by Crippen LogP contribution is 2.25. The summed E-state index contributed by atoms with van der Waals surface area (Å²) in [5, 5.41) is 7.02. The topological polar surface area (TPSA) is 55.7 Å². The van der Waals surface area contributed by atoms with E-state index in [0.717, 1.165) is 39.0 Å². The van der Waals surface area contributed by atoms with Gasteiger partial charge >= 0.3 is 0 Å². The van der Waals surface area contributed by atoms with Crippen LogP contribution in [0.25, 0.3) is 11.1 Å². The smallest absolute Gasteiger partial charge is 0.203 e. The Hall–Kier alpha value is -3.64. The molecule has 0 spiro atoms. The van der Waals surface area contributed by atoms with Crippen LogP contribution in [0.3, 0.4) is 0 Å². The molecule has 0 bridgehead atoms. The molecule has 0 saturated heterocycles. The van der Waals surface area contributed by atoms with Crippen LogP contribution in [0, 0.1) is 6.92 Å². The Bertz CT molecular complexity index is 1160. The maximum atomic E-state index is 6.01. The monoisotopic (exact) mass is 429 g/mol. The number of anilines is 1. The number of benzene rings is 3. The van der Waals surface area contributed by atoms with E-state index in [9.17, 15) is 0 Å². The van der Waals surface area contributed by atoms with Gasteiger partial charge in [-0.1, -0.05) is 42.5 Å². The molecule has 3 aromatic carbocycles. The van der Waals surface area contributed by atoms with Crippen LogP contribution in [0.15, 0.2) is 83.3 Å². The summed E-state index contributed by atoms with van der Waals surface area (Å²) in [6.45, 7) is 2.35. The minimum atomic E-state index is 0.397. The number of ether oxygens (including phenoxy) is 2. The zero-order valence-corrected chi connectivity index (χ0v) is 18.2. The Morgan fingerprint density at radius 2 is 1.77 bits per heavy atom. The van der Waals surface area contributed by atoms with E-state index in [1.807, 2.05) is 60.8 Å². The summed E-state index contributed by atoms with van der Waals surface area (Å²) in [7, 11) is 1.66. The average Bonchev–Trinajstić information content (AvgIpc) is 3.23. The second-order valence-corrected chi connectivity index (χ2v) is 7.77. The fourth-order valence-electron chi connectivity index (χ4n) is 3.09. The van der Waals surface area contributed by atoms with Gasteiger partial charge in [-0.15, -0.1) is 11.3 Å². The molecule has 0 aliphatic carbocycles. The predicted molar refractivity (Wildman–Crippen MR) is 127 cm³/mol. The van der Waals surface area contributed by atoms with Crippen molar-refractivity contribution in [2.24, 2.45) is 5.10 Å². The normalized spacial score (nSPS) is 10.9. The molecule has 5 nitrogen and oxygen atoms in total. The number of nitrogens with one attached hydrogen (secondary N) is 1. The first-order valence-corrected chi connectivity index (χ1v) is 10.8. The largest absolute Gasteiger partial charge is 0.496 e. The van der Waals surface area contributed by atoms with Gasteiger partial charge in [0.15, 0.2) is 0 Å². The fourth-order valence-corrected chi connectivity index (χ4v) is 3.73. The zero-order chi connectivity index (χ0) is 21.5. The number of methoxy groups -OCH3 is 1. The molecule has 156 valence electrons. The predicted octanol–water partition coefficient (Wildman–Crippen LogP) is 6.15. The van der Waals surface area contributed by atoms with Crippen molar-refractivity contribution >= 4 is 22.7 Å². The van der Waals surface area contributed by atoms with Gasteiger partial charge in [0, 0.05) is 10.9 Å². The number of aromatic nitrogens is 1. The molecule has 31 heavy (non-hydrogen) atoms. The lowest BCUT2D eigenvalue weighted by Gasteiger charge is -2.12. The van der Waals surface area contributed by atoms with Crippen molar-refractivity contribution in [2.45, 2.75) is 13.5 Å². The Labute approximate surface area is 186 Å². The van der Waals surface area contributed by atoms with Crippen molar-refractivity contribution in [3.05, 3.63) is 95.0 Å². The third-order valence-electron chi connectivity index (χ3n) is 4.65. The SMILES string of the molecule is COc1ccc(C=NNc2nc(C)cs2)cc1COc1ccc(-c2ccccc2)cc1. The van der Waals surface area contributed by atoms with E-state index < -0.39 is 0 Å². The number of rotatable bonds is 8. The van der Waals surface area contributed by atoms with Gasteiger partial charge in [0.25, 0.3) is 0 Å². The van der Waals surface area contributed by atoms with Gasteiger partial charge in [0.05, 0.1) is 19.0 Å². The third kappa shape index (κ3) is 5.49. The molecule has 4 aromatic rings. The lowest BCUT2D eigenvalue weighted by molar-refractivity contribution is 0.296. The molecule has 6 heteroatoms. The summed E-state index contributed by atoms with van der Waals surface area (Å²) >= 11 is 1.52. The summed E-state index contributed by atoms with van der Waals surface area (Å²) in [6.07, 6.45) is 1.76. The van der Waals surface area contributed by atoms with E-state index in [1.54, 1.807) is 13.3 Å². The van der Waals surface area contributed by atoms with E-state index in [2.05, 4.69) is 39.8 Å². The molecule has 1 heterocycles. The molecule has 1 aromatic heterocycles. The molecular formula is C25H23N3O2S. The van der Waals surface area contributed by atoms with Crippen molar-refractivity contribution in [3.63, 3.8) is 0 Å². The summed E-state index contributed by atoms with van der Waals surface area (Å²) in [4.78, 5) is 4.33. The Morgan fingerprint density at radius 3 is 2.48 bits per heavy atom. The van der Waals surface area contributed by atoms with Crippen LogP contribution in [0.1, 0.15) is 16.8 Å². The highest BCUT2D eigenvalue weighted by molar-refractivity contribution is 7.13. The number of thiazole rings is 1. The number of nitrogens with zero attached hydrogens (tertiary/aromatic N) is 2. The lowest BCUT2D eigenvalue weighted by atomic mass is 10.1. The van der Waals surface area contributed by atoms with Gasteiger partial charge in [-0.05, 0) is 53.9 Å². The van der Waals surface area contributed by atoms with Gasteiger partial charge < -0.3 is 9.47 Å². The minimum Gasteiger partial charge on any atom is -0.496 e. The van der Waals surface area contributed by atoms with Crippen molar-refractivity contribution in [1.82, 2.24) is 4.98 Å². The molecule has 1 N–H and O–H groups in total. The summed E-state index contributed by atoms with van der Waals surface area (Å²) < 4.78 is 11.5. The second kappa shape index (κ2) is 9.91. The number of hydrogen-bond donors (Lipinski definition) is 1. The van der Waals surface area contributed by atoms with E-state index >= 15 is 0 Å². The molecule has 0 aliphatic rings. The van der Waals surface area contributed by atoms with Gasteiger partial charge in [-0.3, -0.25) is 5.43 Å². The fraction of sp³-hybridized carbons (Fsp3) is 0.120. The molecule has 0 radical (unpaired) electrons. The lowest BCUT2D eigenvalue weighted by Crippen LogP contribution is -2.00. The molecule has 0 aliphatic heterocycles. The number of hydrazone groups is 1. The summed E-state index contributed by atoms with van der Waals surface area (Å²) in [5.74, 6) is 1.59. The highest BCUT2D eigenvalue weighted by Gasteiger charge is 2.06. The molecule has 0 saturated carbocycles. The van der Waals surface area contributed by atoms with E-state index in [-0.39, 0.29) is 0 Å². The minimum absolute atomic E-state index is 0.397. The van der Waals surface area contributed by atoms with Gasteiger partial charge in [-0.2, -0.15) is 5.10 Å². The maximum Gasteiger partial charge on any atom is 0.203 e. The van der Waals surface area contributed by atoms with Crippen LogP contribution < -0.4 is 14.9 Å². The molecule has 0 amide bonds. The quantitative estimate of drug-likeness (QED) is 0.269. The number of aryl methyl sites for hydroxylation is 1. The van der Waals surface area contributed by atoms with Crippen LogP contribution in [-0.2, 0) is 6.61 Å². The maximum absolute atomic E-state index is 6.01. The van der Waals surface area contributed by atoms with Gasteiger partial charge in [0.2, 0.25) is 5.13 Å². The number of hydrogen-bond acceptors (Lipinski definition) is 6. The van der Waals surface area contributed by atoms with Crippen molar-refractivity contribution < 1.29 is 9.47 Å². The Kier molecular flexibility index (Phi) is 6.59. The standard InChI is InChI=1S/C25H23N3O2S/c1-18-17-31-25(27-18)28-26-15-19-8-13-24(29-2)22(14-19)16-30-23-11-9-21(10-12-23)20-6-4-3-5-7-20/h3-15,17H,16H2,1-2H3,(H,27,28). The second-order valence-electron chi connectivity index (χ2n) is 6.91. The van der Waals surface area contributed by atoms with Gasteiger partial charge in [-0.25, -0.2) is 4.98 Å². The first-order valence-electron chi connectivity index (χ1n) is 9.88. The van der Waals surface area contributed by atoms with Crippen molar-refractivity contribution in [3.8, 4) is 22.6 Å². The van der Waals surface area contributed by atoms with Crippen LogP contribution in [0.2, 0.25) is 0 Å². The van der Waals surface area contributed by atoms with E-state index in [1.165, 1.54) is 16.9 Å². The first-order chi connectivity index (χ1) is 15.2. The van der Waals surface area contributed by atoms with E-state index in [4.69, 9.17) is 9.47 Å². The molecule has 0 fully saturated rings. The Morgan fingerprint density at radius 1 is 1.00 bits per heavy atom. The molecule has 4 rings (SSSR count). The highest BCUT2D eigenvalue weighted by atomic mass is 32.1. The molecule has 0 unspecified atom stereocenters. The Balaban J connectivity index is 1.41. The zero-order valence-electron chi connectivity index (χ0n) is 17.4. The first kappa shape index (κ1) is 20.6. The van der Waals surface area contributed by atoms with Crippen LogP contribution >= 0.6 is 11.3 Å². The van der Waals surface area contributed by atoms with Crippen LogP contribution in [0.4, 0.5) is 5.13 Å². The van der Waals surface area contributed by atoms with Crippen molar-refractivity contribution in [1.29, 1.82) is 0 Å². The average molecular weight is 430 g/mol. The molecule has 0 atom stereocenters. The third-order valence-corrected chi connectivity index (χ3v) is 5.52. The summed E-state index contributed by atoms with van der Waals surface area (Å²) in [5.41, 5.74) is 8.16. The van der Waals surface area contributed by atoms with Gasteiger partial charge in [0.1, 0.15) is 18.1 Å². The van der Waals surface area contributed by atoms with E-state index in [0.29, 0.717) is 6.61 Å². The van der Waals surface area contributed by atoms with Crippen molar-refractivity contribution in [2.75, 3.05) is 12.5 Å².